The van der Waals surface area contributed by atoms with Crippen molar-refractivity contribution >= 4 is 15.5 Å². The normalized spacial score (nSPS) is 19.7. The number of rotatable bonds is 7. The average molecular weight is 473 g/mol. The Morgan fingerprint density at radius 2 is 1.75 bits per heavy atom. The van der Waals surface area contributed by atoms with Gasteiger partial charge in [-0.15, -0.1) is 0 Å². The predicted molar refractivity (Wildman–Crippen MR) is 109 cm³/mol. The van der Waals surface area contributed by atoms with Crippen LogP contribution < -0.4 is 5.48 Å². The summed E-state index contributed by atoms with van der Waals surface area (Å²) in [5, 5.41) is 23.0. The van der Waals surface area contributed by atoms with Crippen molar-refractivity contribution in [3.05, 3.63) is 53.9 Å². The van der Waals surface area contributed by atoms with Crippen LogP contribution >= 0.6 is 0 Å². The molecule has 3 N–H and O–H groups in total. The lowest BCUT2D eigenvalue weighted by Crippen LogP contribution is -2.54. The quantitative estimate of drug-likeness (QED) is 0.418. The summed E-state index contributed by atoms with van der Waals surface area (Å²) in [7, 11) is -3.77. The summed E-state index contributed by atoms with van der Waals surface area (Å²) in [6.45, 7) is 1.30. The Balaban J connectivity index is 1.70. The number of nitrogens with zero attached hydrogens (tertiary/aromatic N) is 2. The lowest BCUT2D eigenvalue weighted by Gasteiger charge is -2.32. The highest BCUT2D eigenvalue weighted by Gasteiger charge is 2.46. The summed E-state index contributed by atoms with van der Waals surface area (Å²) in [5.41, 5.74) is 3.03. The van der Waals surface area contributed by atoms with Crippen LogP contribution in [0.25, 0.3) is 11.1 Å². The van der Waals surface area contributed by atoms with Gasteiger partial charge in [-0.25, -0.2) is 8.42 Å². The molecular formula is C20H22F3N3O5S. The molecule has 0 radical (unpaired) electrons. The van der Waals surface area contributed by atoms with E-state index in [0.717, 1.165) is 18.5 Å². The first-order chi connectivity index (χ1) is 14.8. The summed E-state index contributed by atoms with van der Waals surface area (Å²) >= 11 is 0. The molecule has 1 aromatic carbocycles. The molecule has 0 saturated heterocycles. The number of benzene rings is 1. The van der Waals surface area contributed by atoms with E-state index in [1.54, 1.807) is 29.7 Å². The van der Waals surface area contributed by atoms with E-state index >= 15 is 0 Å². The average Bonchev–Trinajstić information content (AvgIpc) is 3.20. The van der Waals surface area contributed by atoms with Crippen molar-refractivity contribution in [2.24, 2.45) is 5.16 Å². The monoisotopic (exact) mass is 473 g/mol. The second kappa shape index (κ2) is 8.77. The Bertz CT molecular complexity index is 1090. The zero-order chi connectivity index (χ0) is 23.7. The number of aromatic nitrogens is 1. The highest BCUT2D eigenvalue weighted by molar-refractivity contribution is 7.92. The Hall–Kier alpha value is -2.54. The first-order valence-electron chi connectivity index (χ1n) is 9.49. The number of aliphatic hydroxyl groups excluding tert-OH is 1. The van der Waals surface area contributed by atoms with E-state index in [9.17, 15) is 26.7 Å². The van der Waals surface area contributed by atoms with Crippen molar-refractivity contribution in [2.75, 3.05) is 6.26 Å². The van der Waals surface area contributed by atoms with Crippen molar-refractivity contribution in [2.45, 2.75) is 43.0 Å². The number of aliphatic hydroxyl groups is 1. The second-order valence-electron chi connectivity index (χ2n) is 7.80. The highest BCUT2D eigenvalue weighted by Crippen LogP contribution is 2.32. The molecule has 1 aromatic heterocycles. The van der Waals surface area contributed by atoms with Gasteiger partial charge < -0.3 is 15.2 Å². The smallest absolute Gasteiger partial charge is 0.392 e. The molecule has 2 heterocycles. The van der Waals surface area contributed by atoms with Crippen molar-refractivity contribution in [1.29, 1.82) is 0 Å². The van der Waals surface area contributed by atoms with Crippen LogP contribution in [0.5, 0.6) is 0 Å². The molecular weight excluding hydrogens is 451 g/mol. The van der Waals surface area contributed by atoms with Gasteiger partial charge in [0.1, 0.15) is 22.8 Å². The Labute approximate surface area is 182 Å². The molecule has 12 heteroatoms. The maximum atomic E-state index is 12.7. The third-order valence-electron chi connectivity index (χ3n) is 5.52. The first-order valence-corrected chi connectivity index (χ1v) is 11.4. The van der Waals surface area contributed by atoms with Gasteiger partial charge in [0, 0.05) is 30.9 Å². The second-order valence-corrected chi connectivity index (χ2v) is 10.3. The fourth-order valence-corrected chi connectivity index (χ4v) is 4.30. The zero-order valence-corrected chi connectivity index (χ0v) is 18.0. The number of pyridine rings is 1. The molecule has 1 unspecified atom stereocenters. The SMILES string of the molecule is C[C@@](C[C@H]1CC(c2ccc(-c3ccc(C(F)(F)F)nc3)cc2)=NO1)(C(O)NO)S(C)(=O)=O. The highest BCUT2D eigenvalue weighted by atomic mass is 32.2. The number of sulfone groups is 1. The molecule has 32 heavy (non-hydrogen) atoms. The Kier molecular flexibility index (Phi) is 6.61. The molecule has 174 valence electrons. The third kappa shape index (κ3) is 4.93. The Morgan fingerprint density at radius 1 is 1.16 bits per heavy atom. The summed E-state index contributed by atoms with van der Waals surface area (Å²) in [6.07, 6.45) is -4.62. The lowest BCUT2D eigenvalue weighted by molar-refractivity contribution is -0.141. The number of halogens is 3. The molecule has 3 rings (SSSR count). The third-order valence-corrected chi connectivity index (χ3v) is 7.60. The lowest BCUT2D eigenvalue weighted by atomic mass is 9.95. The minimum Gasteiger partial charge on any atom is -0.392 e. The molecule has 2 aromatic rings. The van der Waals surface area contributed by atoms with Crippen LogP contribution in [-0.2, 0) is 20.9 Å². The molecule has 0 aliphatic carbocycles. The predicted octanol–water partition coefficient (Wildman–Crippen LogP) is 2.75. The van der Waals surface area contributed by atoms with E-state index < -0.39 is 38.8 Å². The molecule has 1 aliphatic rings. The van der Waals surface area contributed by atoms with Gasteiger partial charge in [-0.1, -0.05) is 35.5 Å². The molecule has 0 bridgehead atoms. The summed E-state index contributed by atoms with van der Waals surface area (Å²) in [4.78, 5) is 8.80. The fraction of sp³-hybridized carbons (Fsp3) is 0.400. The topological polar surface area (TPSA) is 121 Å². The number of hydrogen-bond donors (Lipinski definition) is 3. The number of oxime groups is 1. The number of hydroxylamine groups is 1. The van der Waals surface area contributed by atoms with Crippen LogP contribution in [0.1, 0.15) is 31.0 Å². The summed E-state index contributed by atoms with van der Waals surface area (Å²) in [5.74, 6) is 0. The zero-order valence-electron chi connectivity index (χ0n) is 17.2. The number of nitrogens with one attached hydrogen (secondary N) is 1. The molecule has 1 aliphatic heterocycles. The van der Waals surface area contributed by atoms with Gasteiger partial charge in [-0.2, -0.15) is 18.7 Å². The van der Waals surface area contributed by atoms with Crippen molar-refractivity contribution in [3.8, 4) is 11.1 Å². The minimum absolute atomic E-state index is 0.122. The van der Waals surface area contributed by atoms with E-state index in [4.69, 9.17) is 10.0 Å². The van der Waals surface area contributed by atoms with Crippen LogP contribution in [0.2, 0.25) is 0 Å². The van der Waals surface area contributed by atoms with Crippen molar-refractivity contribution in [1.82, 2.24) is 10.5 Å². The van der Waals surface area contributed by atoms with Crippen LogP contribution in [-0.4, -0.2) is 52.8 Å². The first kappa shape index (κ1) is 24.1. The number of hydrogen-bond acceptors (Lipinski definition) is 8. The largest absolute Gasteiger partial charge is 0.433 e. The van der Waals surface area contributed by atoms with Crippen LogP contribution in [0.3, 0.4) is 0 Å². The summed E-state index contributed by atoms with van der Waals surface area (Å²) < 4.78 is 60.6. The minimum atomic E-state index is -4.50. The van der Waals surface area contributed by atoms with E-state index in [-0.39, 0.29) is 12.8 Å². The standard InChI is InChI=1S/C20H22F3N3O5S/c1-19(18(27)25-28,32(2,29)30)10-15-9-16(26-31-15)13-5-3-12(4-6-13)14-7-8-17(24-11-14)20(21,22)23/h3-8,11,15,18,25,27-28H,9-10H2,1-2H3/t15-,18?,19-/m1/s1. The molecule has 3 atom stereocenters. The van der Waals surface area contributed by atoms with Crippen LogP contribution in [0, 0.1) is 0 Å². The van der Waals surface area contributed by atoms with Gasteiger partial charge in [0.05, 0.1) is 5.71 Å². The van der Waals surface area contributed by atoms with Gasteiger partial charge in [0.25, 0.3) is 0 Å². The van der Waals surface area contributed by atoms with Crippen LogP contribution in [0.15, 0.2) is 47.8 Å². The number of alkyl halides is 3. The molecule has 0 spiro atoms. The van der Waals surface area contributed by atoms with Gasteiger partial charge in [0.2, 0.25) is 0 Å². The summed E-state index contributed by atoms with van der Waals surface area (Å²) in [6, 6.07) is 9.10. The Morgan fingerprint density at radius 3 is 2.25 bits per heavy atom. The van der Waals surface area contributed by atoms with Gasteiger partial charge in [-0.05, 0) is 24.1 Å². The fourth-order valence-electron chi connectivity index (χ4n) is 3.35. The molecule has 0 amide bonds. The van der Waals surface area contributed by atoms with Gasteiger partial charge in [-0.3, -0.25) is 4.98 Å². The molecule has 0 fully saturated rings. The van der Waals surface area contributed by atoms with Crippen molar-refractivity contribution < 1.29 is 36.7 Å². The molecule has 8 nitrogen and oxygen atoms in total. The maximum Gasteiger partial charge on any atom is 0.433 e. The van der Waals surface area contributed by atoms with Crippen molar-refractivity contribution in [3.63, 3.8) is 0 Å². The van der Waals surface area contributed by atoms with E-state index in [2.05, 4.69) is 10.1 Å². The van der Waals surface area contributed by atoms with E-state index in [1.807, 2.05) is 0 Å². The van der Waals surface area contributed by atoms with Gasteiger partial charge >= 0.3 is 6.18 Å². The van der Waals surface area contributed by atoms with E-state index in [0.29, 0.717) is 22.4 Å². The maximum absolute atomic E-state index is 12.7. The van der Waals surface area contributed by atoms with Crippen LogP contribution in [0.4, 0.5) is 13.2 Å². The molecule has 0 saturated carbocycles. The van der Waals surface area contributed by atoms with Gasteiger partial charge in [0.15, 0.2) is 9.84 Å². The van der Waals surface area contributed by atoms with E-state index in [1.165, 1.54) is 13.0 Å².